The third-order valence-corrected chi connectivity index (χ3v) is 1.43. The lowest BCUT2D eigenvalue weighted by atomic mass is 10.3. The highest BCUT2D eigenvalue weighted by atomic mass is 16.5. The molecule has 0 aromatic heterocycles. The van der Waals surface area contributed by atoms with Crippen LogP contribution in [-0.2, 0) is 9.47 Å². The van der Waals surface area contributed by atoms with E-state index in [1.54, 1.807) is 13.2 Å². The van der Waals surface area contributed by atoms with E-state index in [-0.39, 0.29) is 0 Å². The highest BCUT2D eigenvalue weighted by molar-refractivity contribution is 5.87. The van der Waals surface area contributed by atoms with Crippen LogP contribution in [0.4, 0.5) is 0 Å². The van der Waals surface area contributed by atoms with Crippen molar-refractivity contribution in [3.63, 3.8) is 0 Å². The summed E-state index contributed by atoms with van der Waals surface area (Å²) in [5, 5.41) is 0. The van der Waals surface area contributed by atoms with Gasteiger partial charge in [0.15, 0.2) is 0 Å². The van der Waals surface area contributed by atoms with Gasteiger partial charge in [0.05, 0.1) is 14.2 Å². The number of aliphatic imine (C=N–C) groups is 1. The van der Waals surface area contributed by atoms with Crippen LogP contribution in [-0.4, -0.2) is 20.1 Å². The fourth-order valence-electron chi connectivity index (χ4n) is 0.657. The third kappa shape index (κ3) is 3.60. The zero-order chi connectivity index (χ0) is 10.3. The van der Waals surface area contributed by atoms with Crippen LogP contribution in [0.5, 0.6) is 0 Å². The van der Waals surface area contributed by atoms with E-state index in [1.165, 1.54) is 13.2 Å². The molecule has 0 aliphatic heterocycles. The number of ether oxygens (including phenoxy) is 2. The van der Waals surface area contributed by atoms with Gasteiger partial charge in [0, 0.05) is 5.57 Å². The molecule has 0 amide bonds. The minimum absolute atomic E-state index is 0.415. The largest absolute Gasteiger partial charge is 0.481 e. The summed E-state index contributed by atoms with van der Waals surface area (Å²) in [4.78, 5) is 4.06. The zero-order valence-electron chi connectivity index (χ0n) is 8.33. The summed E-state index contributed by atoms with van der Waals surface area (Å²) in [7, 11) is 3.07. The average molecular weight is 181 g/mol. The standard InChI is InChI=1S/C10H15NO2/c1-6-8(3)10(13-5)11-9(7-2)12-4/h6-7H,1-2H2,3-5H3/b10-8+,11-9+. The lowest BCUT2D eigenvalue weighted by Gasteiger charge is -2.04. The second-order valence-corrected chi connectivity index (χ2v) is 2.25. The quantitative estimate of drug-likeness (QED) is 0.288. The fourth-order valence-corrected chi connectivity index (χ4v) is 0.657. The van der Waals surface area contributed by atoms with Gasteiger partial charge in [0.2, 0.25) is 11.8 Å². The van der Waals surface area contributed by atoms with Crippen molar-refractivity contribution in [2.75, 3.05) is 14.2 Å². The summed E-state index contributed by atoms with van der Waals surface area (Å²) in [6, 6.07) is 0. The minimum atomic E-state index is 0.415. The summed E-state index contributed by atoms with van der Waals surface area (Å²) < 4.78 is 9.94. The van der Waals surface area contributed by atoms with E-state index in [0.29, 0.717) is 11.8 Å². The Hall–Kier alpha value is -1.51. The maximum atomic E-state index is 5.03. The van der Waals surface area contributed by atoms with Crippen molar-refractivity contribution < 1.29 is 9.47 Å². The first kappa shape index (κ1) is 11.5. The summed E-state index contributed by atoms with van der Waals surface area (Å²) in [5.74, 6) is 0.893. The van der Waals surface area contributed by atoms with Crippen molar-refractivity contribution in [3.05, 3.63) is 36.8 Å². The number of hydrogen-bond donors (Lipinski definition) is 0. The molecular formula is C10H15NO2. The van der Waals surface area contributed by atoms with Crippen molar-refractivity contribution in [2.24, 2.45) is 4.99 Å². The lowest BCUT2D eigenvalue weighted by Crippen LogP contribution is -1.98. The summed E-state index contributed by atoms with van der Waals surface area (Å²) in [5.41, 5.74) is 0.846. The number of nitrogens with zero attached hydrogens (tertiary/aromatic N) is 1. The van der Waals surface area contributed by atoms with Crippen LogP contribution < -0.4 is 0 Å². The van der Waals surface area contributed by atoms with Crippen molar-refractivity contribution >= 4 is 5.90 Å². The molecule has 0 rings (SSSR count). The molecule has 0 N–H and O–H groups in total. The molecule has 72 valence electrons. The molecular weight excluding hydrogens is 166 g/mol. The maximum Gasteiger partial charge on any atom is 0.219 e. The van der Waals surface area contributed by atoms with Crippen LogP contribution in [0.3, 0.4) is 0 Å². The zero-order valence-corrected chi connectivity index (χ0v) is 8.33. The highest BCUT2D eigenvalue weighted by Gasteiger charge is 1.99. The Morgan fingerprint density at radius 3 is 2.08 bits per heavy atom. The fraction of sp³-hybridized carbons (Fsp3) is 0.300. The first-order valence-corrected chi connectivity index (χ1v) is 3.82. The molecule has 3 nitrogen and oxygen atoms in total. The smallest absolute Gasteiger partial charge is 0.219 e. The maximum absolute atomic E-state index is 5.03. The predicted octanol–water partition coefficient (Wildman–Crippen LogP) is 2.28. The molecule has 0 aliphatic carbocycles. The van der Waals surface area contributed by atoms with Gasteiger partial charge < -0.3 is 9.47 Å². The Balaban J connectivity index is 4.90. The van der Waals surface area contributed by atoms with E-state index in [4.69, 9.17) is 9.47 Å². The summed E-state index contributed by atoms with van der Waals surface area (Å²) >= 11 is 0. The predicted molar refractivity (Wildman–Crippen MR) is 54.5 cm³/mol. The van der Waals surface area contributed by atoms with Gasteiger partial charge in [-0.2, -0.15) is 4.99 Å². The molecule has 0 aliphatic rings. The molecule has 0 bridgehead atoms. The van der Waals surface area contributed by atoms with Gasteiger partial charge in [0.25, 0.3) is 0 Å². The van der Waals surface area contributed by atoms with Crippen molar-refractivity contribution in [1.29, 1.82) is 0 Å². The second-order valence-electron chi connectivity index (χ2n) is 2.25. The molecule has 0 saturated heterocycles. The number of allylic oxidation sites excluding steroid dienone is 2. The van der Waals surface area contributed by atoms with E-state index in [1.807, 2.05) is 6.92 Å². The topological polar surface area (TPSA) is 30.8 Å². The Bertz CT molecular complexity index is 252. The number of methoxy groups -OCH3 is 2. The molecule has 0 fully saturated rings. The molecule has 0 aromatic carbocycles. The van der Waals surface area contributed by atoms with E-state index in [0.717, 1.165) is 5.57 Å². The Labute approximate surface area is 79.1 Å². The number of hydrogen-bond acceptors (Lipinski definition) is 3. The van der Waals surface area contributed by atoms with Crippen molar-refractivity contribution in [2.45, 2.75) is 6.92 Å². The first-order valence-electron chi connectivity index (χ1n) is 3.82. The monoisotopic (exact) mass is 181 g/mol. The molecule has 0 atom stereocenters. The van der Waals surface area contributed by atoms with Crippen molar-refractivity contribution in [3.8, 4) is 0 Å². The second kappa shape index (κ2) is 6.06. The molecule has 0 spiro atoms. The van der Waals surface area contributed by atoms with E-state index in [2.05, 4.69) is 18.2 Å². The molecule has 0 radical (unpaired) electrons. The highest BCUT2D eigenvalue weighted by Crippen LogP contribution is 2.07. The Kier molecular flexibility index (Phi) is 5.35. The summed E-state index contributed by atoms with van der Waals surface area (Å²) in [6.07, 6.45) is 3.17. The Morgan fingerprint density at radius 1 is 1.15 bits per heavy atom. The Morgan fingerprint density at radius 2 is 1.77 bits per heavy atom. The van der Waals surface area contributed by atoms with Gasteiger partial charge in [-0.1, -0.05) is 19.2 Å². The summed E-state index contributed by atoms with van der Waals surface area (Å²) in [6.45, 7) is 9.01. The third-order valence-electron chi connectivity index (χ3n) is 1.43. The van der Waals surface area contributed by atoms with Crippen LogP contribution in [0.15, 0.2) is 41.8 Å². The SMILES string of the molecule is C=C/C(=N\C(OC)=C(\C)C=C)OC. The van der Waals surface area contributed by atoms with Gasteiger partial charge in [-0.05, 0) is 13.0 Å². The first-order chi connectivity index (χ1) is 6.19. The van der Waals surface area contributed by atoms with Crippen LogP contribution in [0, 0.1) is 0 Å². The number of rotatable bonds is 4. The van der Waals surface area contributed by atoms with Crippen LogP contribution in [0.25, 0.3) is 0 Å². The molecule has 0 aromatic rings. The molecule has 3 heteroatoms. The van der Waals surface area contributed by atoms with Crippen LogP contribution in [0.1, 0.15) is 6.92 Å². The molecule has 0 heterocycles. The lowest BCUT2D eigenvalue weighted by molar-refractivity contribution is 0.281. The average Bonchev–Trinajstić information content (AvgIpc) is 2.19. The normalized spacial score (nSPS) is 13.0. The van der Waals surface area contributed by atoms with E-state index in [9.17, 15) is 0 Å². The van der Waals surface area contributed by atoms with Crippen LogP contribution >= 0.6 is 0 Å². The minimum Gasteiger partial charge on any atom is -0.481 e. The van der Waals surface area contributed by atoms with E-state index >= 15 is 0 Å². The van der Waals surface area contributed by atoms with Gasteiger partial charge in [-0.25, -0.2) is 0 Å². The van der Waals surface area contributed by atoms with Crippen LogP contribution in [0.2, 0.25) is 0 Å². The van der Waals surface area contributed by atoms with Gasteiger partial charge in [-0.3, -0.25) is 0 Å². The van der Waals surface area contributed by atoms with Gasteiger partial charge in [-0.15, -0.1) is 0 Å². The molecule has 0 saturated carbocycles. The van der Waals surface area contributed by atoms with E-state index < -0.39 is 0 Å². The molecule has 0 unspecified atom stereocenters. The van der Waals surface area contributed by atoms with Gasteiger partial charge in [0.1, 0.15) is 0 Å². The molecule has 13 heavy (non-hydrogen) atoms. The van der Waals surface area contributed by atoms with Crippen molar-refractivity contribution in [1.82, 2.24) is 0 Å². The van der Waals surface area contributed by atoms with Gasteiger partial charge >= 0.3 is 0 Å².